The van der Waals surface area contributed by atoms with Gasteiger partial charge in [0.15, 0.2) is 0 Å². The van der Waals surface area contributed by atoms with Crippen molar-refractivity contribution in [3.8, 4) is 0 Å². The van der Waals surface area contributed by atoms with Gasteiger partial charge in [-0.2, -0.15) is 0 Å². The van der Waals surface area contributed by atoms with Crippen LogP contribution in [0.15, 0.2) is 24.3 Å². The summed E-state index contributed by atoms with van der Waals surface area (Å²) in [5.74, 6) is -0.0681. The number of primary amides is 1. The summed E-state index contributed by atoms with van der Waals surface area (Å²) in [4.78, 5) is 23.7. The van der Waals surface area contributed by atoms with Crippen LogP contribution in [0.1, 0.15) is 37.7 Å². The number of carbonyl (C=O) groups is 2. The van der Waals surface area contributed by atoms with Crippen molar-refractivity contribution in [2.45, 2.75) is 44.6 Å². The molecule has 1 aromatic carbocycles. The molecule has 4 nitrogen and oxygen atoms in total. The lowest BCUT2D eigenvalue weighted by atomic mass is 10.0. The van der Waals surface area contributed by atoms with E-state index < -0.39 is 11.9 Å². The summed E-state index contributed by atoms with van der Waals surface area (Å²) >= 11 is 2.23. The molecule has 0 spiro atoms. The van der Waals surface area contributed by atoms with Gasteiger partial charge in [-0.05, 0) is 53.0 Å². The summed E-state index contributed by atoms with van der Waals surface area (Å²) in [5.41, 5.74) is 6.47. The predicted molar refractivity (Wildman–Crippen MR) is 90.6 cm³/mol. The zero-order valence-electron chi connectivity index (χ0n) is 12.0. The Morgan fingerprint density at radius 2 is 1.95 bits per heavy atom. The third-order valence-corrected chi connectivity index (χ3v) is 5.06. The maximum absolute atomic E-state index is 12.1. The van der Waals surface area contributed by atoms with E-state index in [-0.39, 0.29) is 5.91 Å². The molecule has 114 valence electrons. The van der Waals surface area contributed by atoms with Crippen LogP contribution in [0.3, 0.4) is 0 Å². The number of nitrogens with two attached hydrogens (primary N) is 1. The monoisotopic (exact) mass is 400 g/mol. The van der Waals surface area contributed by atoms with Crippen LogP contribution in [0.4, 0.5) is 0 Å². The van der Waals surface area contributed by atoms with Gasteiger partial charge < -0.3 is 11.1 Å². The summed E-state index contributed by atoms with van der Waals surface area (Å²) in [5, 5.41) is 2.80. The van der Waals surface area contributed by atoms with Crippen LogP contribution < -0.4 is 11.1 Å². The van der Waals surface area contributed by atoms with Crippen LogP contribution in [0.25, 0.3) is 0 Å². The highest BCUT2D eigenvalue weighted by Gasteiger charge is 2.23. The van der Waals surface area contributed by atoms with Crippen molar-refractivity contribution in [1.29, 1.82) is 0 Å². The molecular weight excluding hydrogens is 379 g/mol. The number of rotatable bonds is 6. The van der Waals surface area contributed by atoms with Crippen molar-refractivity contribution in [2.24, 2.45) is 11.7 Å². The molecule has 0 bridgehead atoms. The van der Waals surface area contributed by atoms with Gasteiger partial charge in [-0.15, -0.1) is 0 Å². The zero-order valence-corrected chi connectivity index (χ0v) is 14.1. The lowest BCUT2D eigenvalue weighted by Gasteiger charge is -2.17. The van der Waals surface area contributed by atoms with Gasteiger partial charge in [0.1, 0.15) is 6.04 Å². The fraction of sp³-hybridized carbons (Fsp3) is 0.500. The lowest BCUT2D eigenvalue weighted by molar-refractivity contribution is -0.127. The number of benzene rings is 1. The van der Waals surface area contributed by atoms with E-state index in [0.717, 1.165) is 22.0 Å². The Morgan fingerprint density at radius 1 is 1.29 bits per heavy atom. The molecule has 0 unspecified atom stereocenters. The third-order valence-electron chi connectivity index (χ3n) is 4.01. The van der Waals surface area contributed by atoms with E-state index >= 15 is 0 Å². The number of hydrogen-bond acceptors (Lipinski definition) is 2. The minimum atomic E-state index is -0.630. The van der Waals surface area contributed by atoms with Crippen LogP contribution in [0, 0.1) is 9.49 Å². The first-order chi connectivity index (χ1) is 10.1. The average molecular weight is 400 g/mol. The third kappa shape index (κ3) is 4.98. The first-order valence-electron chi connectivity index (χ1n) is 7.38. The van der Waals surface area contributed by atoms with Crippen molar-refractivity contribution >= 4 is 34.4 Å². The van der Waals surface area contributed by atoms with Gasteiger partial charge in [0.2, 0.25) is 11.8 Å². The van der Waals surface area contributed by atoms with Gasteiger partial charge in [-0.1, -0.05) is 31.0 Å². The number of amides is 2. The number of nitrogens with one attached hydrogen (secondary N) is 1. The molecule has 1 atom stereocenters. The molecule has 21 heavy (non-hydrogen) atoms. The molecule has 1 saturated carbocycles. The second-order valence-electron chi connectivity index (χ2n) is 5.67. The van der Waals surface area contributed by atoms with E-state index in [1.165, 1.54) is 12.8 Å². The molecule has 1 fully saturated rings. The van der Waals surface area contributed by atoms with Crippen molar-refractivity contribution in [3.05, 3.63) is 33.4 Å². The van der Waals surface area contributed by atoms with Crippen LogP contribution in [-0.4, -0.2) is 17.9 Å². The maximum Gasteiger partial charge on any atom is 0.240 e. The van der Waals surface area contributed by atoms with Crippen molar-refractivity contribution in [2.75, 3.05) is 0 Å². The summed E-state index contributed by atoms with van der Waals surface area (Å²) in [6.45, 7) is 0. The molecule has 0 aromatic heterocycles. The molecule has 2 amide bonds. The molecule has 3 N–H and O–H groups in total. The van der Waals surface area contributed by atoms with Gasteiger partial charge in [0, 0.05) is 16.4 Å². The first kappa shape index (κ1) is 16.3. The van der Waals surface area contributed by atoms with E-state index in [4.69, 9.17) is 5.73 Å². The van der Waals surface area contributed by atoms with E-state index in [9.17, 15) is 9.59 Å². The Morgan fingerprint density at radius 3 is 2.57 bits per heavy atom. The van der Waals surface area contributed by atoms with Crippen LogP contribution >= 0.6 is 22.6 Å². The van der Waals surface area contributed by atoms with Crippen LogP contribution in [0.2, 0.25) is 0 Å². The summed E-state index contributed by atoms with van der Waals surface area (Å²) < 4.78 is 1.08. The Labute approximate surface area is 139 Å². The van der Waals surface area contributed by atoms with Gasteiger partial charge in [-0.3, -0.25) is 9.59 Å². The Balaban J connectivity index is 1.94. The minimum absolute atomic E-state index is 0.0587. The second kappa shape index (κ2) is 7.77. The fourth-order valence-corrected chi connectivity index (χ4v) is 3.44. The van der Waals surface area contributed by atoms with Crippen molar-refractivity contribution in [3.63, 3.8) is 0 Å². The first-order valence-corrected chi connectivity index (χ1v) is 8.46. The number of halogens is 1. The van der Waals surface area contributed by atoms with E-state index in [0.29, 0.717) is 18.8 Å². The largest absolute Gasteiger partial charge is 0.368 e. The zero-order chi connectivity index (χ0) is 15.2. The van der Waals surface area contributed by atoms with Crippen LogP contribution in [-0.2, 0) is 16.0 Å². The summed E-state index contributed by atoms with van der Waals surface area (Å²) in [7, 11) is 0. The van der Waals surface area contributed by atoms with E-state index in [1.807, 2.05) is 24.3 Å². The summed E-state index contributed by atoms with van der Waals surface area (Å²) in [6, 6.07) is 7.18. The number of hydrogen-bond donors (Lipinski definition) is 2. The van der Waals surface area contributed by atoms with E-state index in [1.54, 1.807) is 0 Å². The standard InChI is InChI=1S/C16H21IN2O2/c17-13-8-4-3-7-12(13)10-14(16(18)21)19-15(20)9-11-5-1-2-6-11/h3-4,7-8,11,14H,1-2,5-6,9-10H2,(H2,18,21)(H,19,20)/t14-/m1/s1. The van der Waals surface area contributed by atoms with Crippen LogP contribution in [0.5, 0.6) is 0 Å². The minimum Gasteiger partial charge on any atom is -0.368 e. The topological polar surface area (TPSA) is 72.2 Å². The number of carbonyl (C=O) groups excluding carboxylic acids is 2. The molecule has 1 aromatic rings. The van der Waals surface area contributed by atoms with Gasteiger partial charge in [0.05, 0.1) is 0 Å². The molecular formula is C16H21IN2O2. The molecule has 5 heteroatoms. The SMILES string of the molecule is NC(=O)[C@@H](Cc1ccccc1I)NC(=O)CC1CCCC1. The van der Waals surface area contributed by atoms with Gasteiger partial charge >= 0.3 is 0 Å². The molecule has 0 saturated heterocycles. The molecule has 1 aliphatic carbocycles. The Bertz CT molecular complexity index is 513. The van der Waals surface area contributed by atoms with Gasteiger partial charge in [-0.25, -0.2) is 0 Å². The second-order valence-corrected chi connectivity index (χ2v) is 6.83. The molecule has 2 rings (SSSR count). The smallest absolute Gasteiger partial charge is 0.240 e. The highest BCUT2D eigenvalue weighted by molar-refractivity contribution is 14.1. The summed E-state index contributed by atoms with van der Waals surface area (Å²) in [6.07, 6.45) is 5.61. The maximum atomic E-state index is 12.1. The average Bonchev–Trinajstić information content (AvgIpc) is 2.93. The van der Waals surface area contributed by atoms with Crippen molar-refractivity contribution in [1.82, 2.24) is 5.32 Å². The Kier molecular flexibility index (Phi) is 6.02. The highest BCUT2D eigenvalue weighted by Crippen LogP contribution is 2.27. The fourth-order valence-electron chi connectivity index (χ4n) is 2.84. The normalized spacial score (nSPS) is 16.6. The van der Waals surface area contributed by atoms with Gasteiger partial charge in [0.25, 0.3) is 0 Å². The predicted octanol–water partition coefficient (Wildman–Crippen LogP) is 2.38. The molecule has 1 aliphatic rings. The lowest BCUT2D eigenvalue weighted by Crippen LogP contribution is -2.46. The molecule has 0 heterocycles. The quantitative estimate of drug-likeness (QED) is 0.720. The molecule has 0 aliphatic heterocycles. The van der Waals surface area contributed by atoms with E-state index in [2.05, 4.69) is 27.9 Å². The Hall–Kier alpha value is -1.11. The highest BCUT2D eigenvalue weighted by atomic mass is 127. The molecule has 0 radical (unpaired) electrons. The van der Waals surface area contributed by atoms with Crippen molar-refractivity contribution < 1.29 is 9.59 Å².